The minimum absolute atomic E-state index is 0.00489. The van der Waals surface area contributed by atoms with Gasteiger partial charge >= 0.3 is 0 Å². The monoisotopic (exact) mass is 395 g/mol. The highest BCUT2D eigenvalue weighted by Gasteiger charge is 2.17. The van der Waals surface area contributed by atoms with Crippen molar-refractivity contribution in [2.45, 2.75) is 24.4 Å². The van der Waals surface area contributed by atoms with E-state index in [0.717, 1.165) is 16.8 Å². The molecule has 3 heterocycles. The Morgan fingerprint density at radius 1 is 1.18 bits per heavy atom. The summed E-state index contributed by atoms with van der Waals surface area (Å²) in [6.07, 6.45) is 1.57. The maximum absolute atomic E-state index is 11.6. The van der Waals surface area contributed by atoms with E-state index in [2.05, 4.69) is 15.4 Å². The number of hydrogen-bond donors (Lipinski definition) is 1. The molecule has 1 amide bonds. The smallest absolute Gasteiger partial charge is 0.237 e. The van der Waals surface area contributed by atoms with Crippen LogP contribution in [0.15, 0.2) is 62.8 Å². The number of benzene rings is 1. The van der Waals surface area contributed by atoms with E-state index in [1.807, 2.05) is 37.3 Å². The molecule has 1 aromatic carbocycles. The van der Waals surface area contributed by atoms with Gasteiger partial charge in [0.25, 0.3) is 0 Å². The zero-order valence-electron chi connectivity index (χ0n) is 15.0. The van der Waals surface area contributed by atoms with Crippen LogP contribution in [0.3, 0.4) is 0 Å². The van der Waals surface area contributed by atoms with Gasteiger partial charge in [-0.15, -0.1) is 10.2 Å². The molecule has 4 rings (SSSR count). The molecule has 0 fully saturated rings. The number of hydrogen-bond acceptors (Lipinski definition) is 7. The fourth-order valence-electron chi connectivity index (χ4n) is 2.74. The highest BCUT2D eigenvalue weighted by atomic mass is 32.2. The third-order valence-electron chi connectivity index (χ3n) is 3.98. The van der Waals surface area contributed by atoms with Crippen molar-refractivity contribution >= 4 is 17.7 Å². The van der Waals surface area contributed by atoms with Crippen LogP contribution in [-0.2, 0) is 17.1 Å². The van der Waals surface area contributed by atoms with Crippen molar-refractivity contribution in [3.05, 3.63) is 60.0 Å². The van der Waals surface area contributed by atoms with Crippen LogP contribution in [0.4, 0.5) is 0 Å². The molecule has 0 aliphatic rings. The highest BCUT2D eigenvalue weighted by molar-refractivity contribution is 7.98. The van der Waals surface area contributed by atoms with Gasteiger partial charge in [-0.1, -0.05) is 40.7 Å². The Morgan fingerprint density at radius 2 is 2.07 bits per heavy atom. The Morgan fingerprint density at radius 3 is 2.82 bits per heavy atom. The number of aryl methyl sites for hydroxylation is 1. The van der Waals surface area contributed by atoms with E-state index in [4.69, 9.17) is 14.7 Å². The predicted molar refractivity (Wildman–Crippen MR) is 103 cm³/mol. The summed E-state index contributed by atoms with van der Waals surface area (Å²) in [6.45, 7) is 1.99. The van der Waals surface area contributed by atoms with Gasteiger partial charge in [0, 0.05) is 17.4 Å². The second kappa shape index (κ2) is 7.73. The van der Waals surface area contributed by atoms with Crippen LogP contribution >= 0.6 is 11.8 Å². The van der Waals surface area contributed by atoms with E-state index in [9.17, 15) is 4.79 Å². The molecule has 0 aliphatic heterocycles. The number of primary amides is 1. The van der Waals surface area contributed by atoms with Gasteiger partial charge in [-0.05, 0) is 25.1 Å². The third kappa shape index (κ3) is 3.84. The standard InChI is InChI=1S/C19H17N5O3S/c1-12-4-2-5-13(8-12)18-21-22-19(24(18)10-17(20)25)28-11-14-9-16(27-23-14)15-6-3-7-26-15/h2-9H,10-11H2,1H3,(H2,20,25). The molecule has 4 aromatic rings. The van der Waals surface area contributed by atoms with E-state index in [1.54, 1.807) is 23.0 Å². The fraction of sp³-hybridized carbons (Fsp3) is 0.158. The van der Waals surface area contributed by atoms with E-state index >= 15 is 0 Å². The quantitative estimate of drug-likeness (QED) is 0.478. The molecule has 8 nitrogen and oxygen atoms in total. The average molecular weight is 395 g/mol. The molecule has 28 heavy (non-hydrogen) atoms. The molecule has 0 unspecified atom stereocenters. The first-order chi connectivity index (χ1) is 13.6. The average Bonchev–Trinajstić information content (AvgIpc) is 3.40. The first-order valence-electron chi connectivity index (χ1n) is 8.51. The number of nitrogens with zero attached hydrogens (tertiary/aromatic N) is 4. The third-order valence-corrected chi connectivity index (χ3v) is 4.98. The van der Waals surface area contributed by atoms with Gasteiger partial charge < -0.3 is 14.7 Å². The normalized spacial score (nSPS) is 11.0. The van der Waals surface area contributed by atoms with Gasteiger partial charge in [-0.3, -0.25) is 9.36 Å². The Labute approximate surface area is 164 Å². The Kier molecular flexibility index (Phi) is 4.98. The minimum atomic E-state index is -0.461. The van der Waals surface area contributed by atoms with Crippen LogP contribution in [0, 0.1) is 6.92 Å². The maximum Gasteiger partial charge on any atom is 0.237 e. The zero-order valence-corrected chi connectivity index (χ0v) is 15.8. The molecule has 0 atom stereocenters. The lowest BCUT2D eigenvalue weighted by atomic mass is 10.1. The molecule has 0 radical (unpaired) electrons. The van der Waals surface area contributed by atoms with Crippen LogP contribution in [-0.4, -0.2) is 25.8 Å². The number of carbonyl (C=O) groups excluding carboxylic acids is 1. The second-order valence-corrected chi connectivity index (χ2v) is 7.12. The predicted octanol–water partition coefficient (Wildman–Crippen LogP) is 3.28. The van der Waals surface area contributed by atoms with E-state index in [-0.39, 0.29) is 6.54 Å². The summed E-state index contributed by atoms with van der Waals surface area (Å²) in [5.74, 6) is 1.80. The van der Waals surface area contributed by atoms with Crippen molar-refractivity contribution in [1.29, 1.82) is 0 Å². The molecule has 0 spiro atoms. The number of aromatic nitrogens is 4. The van der Waals surface area contributed by atoms with E-state index in [0.29, 0.717) is 28.3 Å². The molecule has 0 saturated heterocycles. The summed E-state index contributed by atoms with van der Waals surface area (Å²) in [4.78, 5) is 11.6. The number of furan rings is 1. The summed E-state index contributed by atoms with van der Waals surface area (Å²) in [7, 11) is 0. The van der Waals surface area contributed by atoms with Crippen molar-refractivity contribution in [3.8, 4) is 22.9 Å². The number of rotatable bonds is 7. The van der Waals surface area contributed by atoms with Crippen LogP contribution < -0.4 is 5.73 Å². The van der Waals surface area contributed by atoms with Crippen LogP contribution in [0.25, 0.3) is 22.9 Å². The number of thioether (sulfide) groups is 1. The van der Waals surface area contributed by atoms with Gasteiger partial charge in [0.05, 0.1) is 12.0 Å². The van der Waals surface area contributed by atoms with Crippen molar-refractivity contribution < 1.29 is 13.7 Å². The number of nitrogens with two attached hydrogens (primary N) is 1. The van der Waals surface area contributed by atoms with Crippen LogP contribution in [0.2, 0.25) is 0 Å². The number of carbonyl (C=O) groups is 1. The van der Waals surface area contributed by atoms with Gasteiger partial charge in [0.15, 0.2) is 16.7 Å². The molecule has 0 aliphatic carbocycles. The van der Waals surface area contributed by atoms with E-state index < -0.39 is 5.91 Å². The lowest BCUT2D eigenvalue weighted by molar-refractivity contribution is -0.118. The first kappa shape index (κ1) is 18.1. The molecular formula is C19H17N5O3S. The van der Waals surface area contributed by atoms with Gasteiger partial charge in [0.2, 0.25) is 11.7 Å². The van der Waals surface area contributed by atoms with Gasteiger partial charge in [-0.25, -0.2) is 0 Å². The molecule has 2 N–H and O–H groups in total. The topological polar surface area (TPSA) is 113 Å². The Hall–Kier alpha value is -3.33. The minimum Gasteiger partial charge on any atom is -0.461 e. The van der Waals surface area contributed by atoms with Crippen molar-refractivity contribution in [1.82, 2.24) is 19.9 Å². The molecule has 3 aromatic heterocycles. The molecular weight excluding hydrogens is 378 g/mol. The van der Waals surface area contributed by atoms with Crippen LogP contribution in [0.5, 0.6) is 0 Å². The van der Waals surface area contributed by atoms with Gasteiger partial charge in [0.1, 0.15) is 6.54 Å². The Balaban J connectivity index is 1.57. The largest absolute Gasteiger partial charge is 0.461 e. The molecule has 142 valence electrons. The van der Waals surface area contributed by atoms with Crippen molar-refractivity contribution in [2.24, 2.45) is 5.73 Å². The first-order valence-corrected chi connectivity index (χ1v) is 9.49. The van der Waals surface area contributed by atoms with E-state index in [1.165, 1.54) is 11.8 Å². The lowest BCUT2D eigenvalue weighted by Crippen LogP contribution is -2.20. The summed E-state index contributed by atoms with van der Waals surface area (Å²) in [5.41, 5.74) is 8.12. The second-order valence-electron chi connectivity index (χ2n) is 6.18. The highest BCUT2D eigenvalue weighted by Crippen LogP contribution is 2.28. The summed E-state index contributed by atoms with van der Waals surface area (Å²) >= 11 is 1.40. The summed E-state index contributed by atoms with van der Waals surface area (Å²) in [6, 6.07) is 13.2. The molecule has 0 bridgehead atoms. The zero-order chi connectivity index (χ0) is 19.5. The summed E-state index contributed by atoms with van der Waals surface area (Å²) < 4.78 is 12.3. The maximum atomic E-state index is 11.6. The number of amides is 1. The van der Waals surface area contributed by atoms with Crippen molar-refractivity contribution in [2.75, 3.05) is 0 Å². The fourth-order valence-corrected chi connectivity index (χ4v) is 3.56. The summed E-state index contributed by atoms with van der Waals surface area (Å²) in [5, 5.41) is 13.1. The Bertz CT molecular complexity index is 1100. The lowest BCUT2D eigenvalue weighted by Gasteiger charge is -2.08. The molecule has 0 saturated carbocycles. The van der Waals surface area contributed by atoms with Crippen molar-refractivity contribution in [3.63, 3.8) is 0 Å². The van der Waals surface area contributed by atoms with Gasteiger partial charge in [-0.2, -0.15) is 0 Å². The SMILES string of the molecule is Cc1cccc(-c2nnc(SCc3cc(-c4ccco4)on3)n2CC(N)=O)c1. The molecule has 9 heteroatoms. The van der Waals surface area contributed by atoms with Crippen LogP contribution in [0.1, 0.15) is 11.3 Å².